The molecule has 0 heterocycles. The van der Waals surface area contributed by atoms with Crippen molar-refractivity contribution in [2.45, 2.75) is 89.4 Å². The SMILES string of the molecule is CC(=O)N[C@@H](Cc1ccc(CP(=O)(OF)OF)cc1)C(=O)N[C@H](CCC(=O)O)C(=O)N(C)CCCC1CCCCC1. The van der Waals surface area contributed by atoms with Crippen LogP contribution in [0.1, 0.15) is 75.8 Å². The van der Waals surface area contributed by atoms with Crippen molar-refractivity contribution in [2.24, 2.45) is 5.92 Å². The van der Waals surface area contributed by atoms with Gasteiger partial charge in [0.25, 0.3) is 0 Å². The summed E-state index contributed by atoms with van der Waals surface area (Å²) in [5, 5.41) is 14.3. The number of aliphatic carboxylic acids is 1. The molecule has 0 unspecified atom stereocenters. The average molecular weight is 604 g/mol. The maximum atomic E-state index is 13.2. The lowest BCUT2D eigenvalue weighted by molar-refractivity contribution is -0.139. The van der Waals surface area contributed by atoms with E-state index in [9.17, 15) is 37.9 Å². The number of carbonyl (C=O) groups is 4. The van der Waals surface area contributed by atoms with Crippen molar-refractivity contribution >= 4 is 31.3 Å². The standard InChI is InChI=1S/C27H40F2N3O8P/c1-19(33)30-24(17-21-10-12-22(13-11-21)18-41(38,39-28)40-29)26(36)31-23(14-15-25(34)35)27(37)32(2)16-6-9-20-7-4-3-5-8-20/h10-13,20,23-24H,3-9,14-18H2,1-2H3,(H,30,33)(H,31,36)(H,34,35)/t23-,24+/m1/s1. The summed E-state index contributed by atoms with van der Waals surface area (Å²) in [6.45, 7) is 1.70. The fourth-order valence-corrected chi connectivity index (χ4v) is 5.80. The van der Waals surface area contributed by atoms with Crippen LogP contribution >= 0.6 is 7.60 Å². The van der Waals surface area contributed by atoms with Gasteiger partial charge in [-0.3, -0.25) is 23.7 Å². The molecule has 1 saturated carbocycles. The lowest BCUT2D eigenvalue weighted by Gasteiger charge is -2.27. The molecule has 0 radical (unpaired) electrons. The molecule has 41 heavy (non-hydrogen) atoms. The molecule has 2 atom stereocenters. The van der Waals surface area contributed by atoms with E-state index in [1.165, 1.54) is 68.2 Å². The van der Waals surface area contributed by atoms with Crippen LogP contribution in [0.15, 0.2) is 24.3 Å². The Morgan fingerprint density at radius 3 is 2.20 bits per heavy atom. The third-order valence-corrected chi connectivity index (χ3v) is 8.38. The quantitative estimate of drug-likeness (QED) is 0.222. The molecular weight excluding hydrogens is 563 g/mol. The van der Waals surface area contributed by atoms with Crippen molar-refractivity contribution in [2.75, 3.05) is 13.6 Å². The van der Waals surface area contributed by atoms with Crippen molar-refractivity contribution in [3.8, 4) is 0 Å². The van der Waals surface area contributed by atoms with Crippen LogP contribution in [0.4, 0.5) is 9.05 Å². The first kappa shape index (κ1) is 34.3. The molecule has 230 valence electrons. The van der Waals surface area contributed by atoms with E-state index in [1.807, 2.05) is 0 Å². The highest BCUT2D eigenvalue weighted by Gasteiger charge is 2.30. The van der Waals surface area contributed by atoms with Crippen LogP contribution in [0.25, 0.3) is 0 Å². The highest BCUT2D eigenvalue weighted by Crippen LogP contribution is 2.52. The number of carboxylic acids is 1. The topological polar surface area (TPSA) is 151 Å². The molecule has 0 aromatic heterocycles. The van der Waals surface area contributed by atoms with Crippen LogP contribution in [-0.4, -0.2) is 59.4 Å². The summed E-state index contributed by atoms with van der Waals surface area (Å²) in [7, 11) is -2.95. The number of nitrogens with zero attached hydrogens (tertiary/aromatic N) is 1. The molecule has 0 aliphatic heterocycles. The van der Waals surface area contributed by atoms with E-state index in [0.717, 1.165) is 12.8 Å². The number of carboxylic acid groups (broad SMARTS) is 1. The molecule has 1 aliphatic rings. The molecule has 1 fully saturated rings. The molecule has 2 rings (SSSR count). The van der Waals surface area contributed by atoms with E-state index >= 15 is 0 Å². The van der Waals surface area contributed by atoms with Crippen LogP contribution in [0.5, 0.6) is 0 Å². The minimum atomic E-state index is -4.57. The molecule has 1 aromatic rings. The van der Waals surface area contributed by atoms with E-state index < -0.39 is 49.5 Å². The van der Waals surface area contributed by atoms with Gasteiger partial charge in [-0.05, 0) is 45.4 Å². The summed E-state index contributed by atoms with van der Waals surface area (Å²) >= 11 is 0. The predicted octanol–water partition coefficient (Wildman–Crippen LogP) is 4.40. The number of hydrogen-bond acceptors (Lipinski definition) is 7. The van der Waals surface area contributed by atoms with E-state index in [0.29, 0.717) is 18.0 Å². The Morgan fingerprint density at radius 1 is 1.02 bits per heavy atom. The number of nitrogens with one attached hydrogen (secondary N) is 2. The van der Waals surface area contributed by atoms with Crippen molar-refractivity contribution in [3.05, 3.63) is 35.4 Å². The summed E-state index contributed by atoms with van der Waals surface area (Å²) in [5.74, 6) is -2.05. The Hall–Kier alpha value is -2.89. The zero-order valence-electron chi connectivity index (χ0n) is 23.5. The van der Waals surface area contributed by atoms with E-state index in [2.05, 4.69) is 20.1 Å². The Balaban J connectivity index is 2.07. The second-order valence-electron chi connectivity index (χ2n) is 10.6. The lowest BCUT2D eigenvalue weighted by Crippen LogP contribution is -2.54. The van der Waals surface area contributed by atoms with Gasteiger partial charge in [0.15, 0.2) is 0 Å². The van der Waals surface area contributed by atoms with Gasteiger partial charge in [-0.1, -0.05) is 56.4 Å². The van der Waals surface area contributed by atoms with Gasteiger partial charge in [-0.2, -0.15) is 0 Å². The van der Waals surface area contributed by atoms with Crippen molar-refractivity contribution in [3.63, 3.8) is 0 Å². The van der Waals surface area contributed by atoms with Gasteiger partial charge in [0.2, 0.25) is 17.7 Å². The number of amides is 3. The number of benzene rings is 1. The highest BCUT2D eigenvalue weighted by atomic mass is 31.2. The van der Waals surface area contributed by atoms with Crippen LogP contribution in [0.2, 0.25) is 0 Å². The maximum absolute atomic E-state index is 13.2. The smallest absolute Gasteiger partial charge is 0.399 e. The molecule has 3 N–H and O–H groups in total. The Morgan fingerprint density at radius 2 is 1.63 bits per heavy atom. The molecule has 0 saturated heterocycles. The average Bonchev–Trinajstić information content (AvgIpc) is 2.95. The zero-order valence-corrected chi connectivity index (χ0v) is 24.4. The molecule has 3 amide bonds. The normalized spacial score (nSPS) is 15.5. The first-order chi connectivity index (χ1) is 19.5. The summed E-state index contributed by atoms with van der Waals surface area (Å²) < 4.78 is 42.6. The van der Waals surface area contributed by atoms with E-state index in [-0.39, 0.29) is 24.8 Å². The minimum absolute atomic E-state index is 0.0142. The first-order valence-electron chi connectivity index (χ1n) is 13.8. The Kier molecular flexibility index (Phi) is 14.4. The predicted molar refractivity (Wildman–Crippen MR) is 146 cm³/mol. The summed E-state index contributed by atoms with van der Waals surface area (Å²) in [6, 6.07) is 3.61. The molecule has 1 aliphatic carbocycles. The Bertz CT molecular complexity index is 1060. The minimum Gasteiger partial charge on any atom is -0.481 e. The van der Waals surface area contributed by atoms with Gasteiger partial charge >= 0.3 is 13.6 Å². The molecule has 1 aromatic carbocycles. The molecule has 0 bridgehead atoms. The van der Waals surface area contributed by atoms with Crippen LogP contribution < -0.4 is 10.6 Å². The van der Waals surface area contributed by atoms with Gasteiger partial charge in [-0.15, -0.1) is 9.46 Å². The molecule has 14 heteroatoms. The van der Waals surface area contributed by atoms with Crippen molar-refractivity contribution < 1.29 is 47.4 Å². The molecule has 0 spiro atoms. The number of carbonyl (C=O) groups excluding carboxylic acids is 3. The third kappa shape index (κ3) is 12.2. The van der Waals surface area contributed by atoms with Crippen molar-refractivity contribution in [1.29, 1.82) is 0 Å². The van der Waals surface area contributed by atoms with Gasteiger partial charge in [0.05, 0.1) is 6.16 Å². The van der Waals surface area contributed by atoms with Crippen LogP contribution in [-0.2, 0) is 45.8 Å². The fourth-order valence-electron chi connectivity index (χ4n) is 5.02. The third-order valence-electron chi connectivity index (χ3n) is 7.21. The van der Waals surface area contributed by atoms with Gasteiger partial charge in [-0.25, -0.2) is 0 Å². The maximum Gasteiger partial charge on any atom is 0.399 e. The van der Waals surface area contributed by atoms with Gasteiger partial charge in [0.1, 0.15) is 12.1 Å². The van der Waals surface area contributed by atoms with E-state index in [1.54, 1.807) is 7.05 Å². The summed E-state index contributed by atoms with van der Waals surface area (Å²) in [6.07, 6.45) is 6.78. The highest BCUT2D eigenvalue weighted by molar-refractivity contribution is 7.52. The first-order valence-corrected chi connectivity index (χ1v) is 15.5. The molecular formula is C27H40F2N3O8P. The summed E-state index contributed by atoms with van der Waals surface area (Å²) in [4.78, 5) is 51.0. The van der Waals surface area contributed by atoms with Crippen molar-refractivity contribution in [1.82, 2.24) is 15.5 Å². The van der Waals surface area contributed by atoms with Crippen LogP contribution in [0, 0.1) is 5.92 Å². The second-order valence-corrected chi connectivity index (χ2v) is 12.4. The number of halogens is 2. The zero-order chi connectivity index (χ0) is 30.4. The molecule has 11 nitrogen and oxygen atoms in total. The number of hydrogen-bond donors (Lipinski definition) is 3. The van der Waals surface area contributed by atoms with Gasteiger partial charge < -0.3 is 20.6 Å². The monoisotopic (exact) mass is 603 g/mol. The lowest BCUT2D eigenvalue weighted by atomic mass is 9.86. The van der Waals surface area contributed by atoms with Crippen LogP contribution in [0.3, 0.4) is 0 Å². The Labute approximate surface area is 238 Å². The number of likely N-dealkylation sites (N-methyl/N-ethyl adjacent to an activating group) is 1. The van der Waals surface area contributed by atoms with Gasteiger partial charge in [0, 0.05) is 33.4 Å². The van der Waals surface area contributed by atoms with E-state index in [4.69, 9.17) is 0 Å². The fraction of sp³-hybridized carbons (Fsp3) is 0.630. The number of rotatable bonds is 17. The summed E-state index contributed by atoms with van der Waals surface area (Å²) in [5.41, 5.74) is 0.770. The largest absolute Gasteiger partial charge is 0.481 e. The second kappa shape index (κ2) is 17.2.